The first-order chi connectivity index (χ1) is 8.16. The summed E-state index contributed by atoms with van der Waals surface area (Å²) in [5.74, 6) is 0.915. The van der Waals surface area contributed by atoms with E-state index in [-0.39, 0.29) is 0 Å². The lowest BCUT2D eigenvalue weighted by atomic mass is 10.1. The number of pyridine rings is 1. The molecule has 2 rings (SSSR count). The molecule has 1 heterocycles. The first kappa shape index (κ1) is 11.9. The largest absolute Gasteiger partial charge is 0.489 e. The van der Waals surface area contributed by atoms with Crippen molar-refractivity contribution in [3.63, 3.8) is 0 Å². The van der Waals surface area contributed by atoms with Gasteiger partial charge in [0.1, 0.15) is 17.5 Å². The van der Waals surface area contributed by atoms with Crippen LogP contribution in [0.3, 0.4) is 0 Å². The summed E-state index contributed by atoms with van der Waals surface area (Å²) in [6.07, 6.45) is 1.68. The molecular formula is C14H14ClNO. The van der Waals surface area contributed by atoms with Gasteiger partial charge in [-0.3, -0.25) is 0 Å². The Balaban J connectivity index is 2.10. The highest BCUT2D eigenvalue weighted by Gasteiger charge is 2.02. The van der Waals surface area contributed by atoms with Gasteiger partial charge in [0.2, 0.25) is 0 Å². The second-order valence-corrected chi connectivity index (χ2v) is 4.36. The number of benzene rings is 1. The second-order valence-electron chi connectivity index (χ2n) is 3.97. The topological polar surface area (TPSA) is 22.1 Å². The van der Waals surface area contributed by atoms with Gasteiger partial charge in [-0.25, -0.2) is 4.98 Å². The van der Waals surface area contributed by atoms with Crippen molar-refractivity contribution in [2.45, 2.75) is 20.5 Å². The molecule has 1 aromatic heterocycles. The standard InChI is InChI=1S/C14H14ClNO/c1-10-4-3-5-13(11(10)2)17-9-12-6-7-16-14(15)8-12/h3-8H,9H2,1-2H3. The molecule has 0 fully saturated rings. The Hall–Kier alpha value is -1.54. The molecule has 1 aromatic carbocycles. The number of ether oxygens (including phenoxy) is 1. The van der Waals surface area contributed by atoms with Crippen LogP contribution in [0.5, 0.6) is 5.75 Å². The van der Waals surface area contributed by atoms with E-state index in [1.54, 1.807) is 6.20 Å². The molecule has 17 heavy (non-hydrogen) atoms. The zero-order valence-electron chi connectivity index (χ0n) is 9.90. The molecule has 0 amide bonds. The average molecular weight is 248 g/mol. The molecule has 0 saturated carbocycles. The van der Waals surface area contributed by atoms with Crippen LogP contribution in [0, 0.1) is 13.8 Å². The number of hydrogen-bond donors (Lipinski definition) is 0. The fourth-order valence-corrected chi connectivity index (χ4v) is 1.77. The van der Waals surface area contributed by atoms with E-state index >= 15 is 0 Å². The number of nitrogens with zero attached hydrogens (tertiary/aromatic N) is 1. The van der Waals surface area contributed by atoms with Gasteiger partial charge in [-0.05, 0) is 48.7 Å². The van der Waals surface area contributed by atoms with Crippen molar-refractivity contribution in [2.24, 2.45) is 0 Å². The molecule has 0 bridgehead atoms. The molecule has 0 spiro atoms. The van der Waals surface area contributed by atoms with Gasteiger partial charge in [-0.2, -0.15) is 0 Å². The van der Waals surface area contributed by atoms with Crippen molar-refractivity contribution in [1.82, 2.24) is 4.98 Å². The quantitative estimate of drug-likeness (QED) is 0.767. The zero-order chi connectivity index (χ0) is 12.3. The maximum atomic E-state index is 5.82. The van der Waals surface area contributed by atoms with Crippen molar-refractivity contribution >= 4 is 11.6 Å². The van der Waals surface area contributed by atoms with Gasteiger partial charge >= 0.3 is 0 Å². The first-order valence-electron chi connectivity index (χ1n) is 5.46. The number of aromatic nitrogens is 1. The van der Waals surface area contributed by atoms with E-state index in [1.807, 2.05) is 24.3 Å². The maximum Gasteiger partial charge on any atom is 0.129 e. The Morgan fingerprint density at radius 1 is 1.24 bits per heavy atom. The summed E-state index contributed by atoms with van der Waals surface area (Å²) in [4.78, 5) is 3.94. The minimum absolute atomic E-state index is 0.493. The maximum absolute atomic E-state index is 5.82. The van der Waals surface area contributed by atoms with Gasteiger partial charge in [-0.1, -0.05) is 23.7 Å². The number of halogens is 1. The van der Waals surface area contributed by atoms with Crippen LogP contribution in [0.15, 0.2) is 36.5 Å². The van der Waals surface area contributed by atoms with Crippen molar-refractivity contribution < 1.29 is 4.74 Å². The van der Waals surface area contributed by atoms with Crippen LogP contribution in [0.2, 0.25) is 5.15 Å². The summed E-state index contributed by atoms with van der Waals surface area (Å²) in [6, 6.07) is 9.76. The highest BCUT2D eigenvalue weighted by molar-refractivity contribution is 6.29. The number of rotatable bonds is 3. The Morgan fingerprint density at radius 3 is 2.82 bits per heavy atom. The Bertz CT molecular complexity index is 525. The molecule has 2 aromatic rings. The predicted octanol–water partition coefficient (Wildman–Crippen LogP) is 3.93. The highest BCUT2D eigenvalue weighted by Crippen LogP contribution is 2.21. The monoisotopic (exact) mass is 247 g/mol. The van der Waals surface area contributed by atoms with Crippen molar-refractivity contribution in [3.8, 4) is 5.75 Å². The first-order valence-corrected chi connectivity index (χ1v) is 5.84. The van der Waals surface area contributed by atoms with Gasteiger partial charge < -0.3 is 4.74 Å². The second kappa shape index (κ2) is 5.19. The van der Waals surface area contributed by atoms with Crippen molar-refractivity contribution in [3.05, 3.63) is 58.4 Å². The molecule has 0 unspecified atom stereocenters. The van der Waals surface area contributed by atoms with E-state index in [0.717, 1.165) is 11.3 Å². The molecule has 3 heteroatoms. The highest BCUT2D eigenvalue weighted by atomic mass is 35.5. The van der Waals surface area contributed by atoms with Crippen molar-refractivity contribution in [2.75, 3.05) is 0 Å². The molecular weight excluding hydrogens is 234 g/mol. The molecule has 0 aliphatic rings. The van der Waals surface area contributed by atoms with E-state index in [2.05, 4.69) is 24.9 Å². The predicted molar refractivity (Wildman–Crippen MR) is 69.5 cm³/mol. The lowest BCUT2D eigenvalue weighted by Crippen LogP contribution is -1.98. The fraction of sp³-hybridized carbons (Fsp3) is 0.214. The van der Waals surface area contributed by atoms with E-state index in [1.165, 1.54) is 11.1 Å². The smallest absolute Gasteiger partial charge is 0.129 e. The Labute approximate surface area is 106 Å². The van der Waals surface area contributed by atoms with Crippen LogP contribution in [0.4, 0.5) is 0 Å². The summed E-state index contributed by atoms with van der Waals surface area (Å²) in [7, 11) is 0. The minimum Gasteiger partial charge on any atom is -0.489 e. The zero-order valence-corrected chi connectivity index (χ0v) is 10.7. The van der Waals surface area contributed by atoms with Crippen LogP contribution >= 0.6 is 11.6 Å². The molecule has 0 radical (unpaired) electrons. The van der Waals surface area contributed by atoms with Crippen LogP contribution < -0.4 is 4.74 Å². The van der Waals surface area contributed by atoms with Gasteiger partial charge in [0.15, 0.2) is 0 Å². The van der Waals surface area contributed by atoms with Gasteiger partial charge in [0, 0.05) is 6.20 Å². The third-order valence-electron chi connectivity index (χ3n) is 2.74. The fourth-order valence-electron chi connectivity index (χ4n) is 1.57. The molecule has 0 saturated heterocycles. The van der Waals surface area contributed by atoms with Gasteiger partial charge in [0.05, 0.1) is 0 Å². The molecule has 0 aliphatic heterocycles. The SMILES string of the molecule is Cc1cccc(OCc2ccnc(Cl)c2)c1C. The van der Waals surface area contributed by atoms with E-state index < -0.39 is 0 Å². The minimum atomic E-state index is 0.493. The van der Waals surface area contributed by atoms with Crippen LogP contribution in [0.25, 0.3) is 0 Å². The summed E-state index contributed by atoms with van der Waals surface area (Å²) in [5.41, 5.74) is 3.42. The summed E-state index contributed by atoms with van der Waals surface area (Å²) in [5, 5.41) is 0.493. The van der Waals surface area contributed by atoms with Crippen molar-refractivity contribution in [1.29, 1.82) is 0 Å². The van der Waals surface area contributed by atoms with Crippen LogP contribution in [0.1, 0.15) is 16.7 Å². The molecule has 2 nitrogen and oxygen atoms in total. The molecule has 0 atom stereocenters. The number of hydrogen-bond acceptors (Lipinski definition) is 2. The van der Waals surface area contributed by atoms with E-state index in [0.29, 0.717) is 11.8 Å². The third-order valence-corrected chi connectivity index (χ3v) is 2.95. The summed E-state index contributed by atoms with van der Waals surface area (Å²) in [6.45, 7) is 4.64. The normalized spacial score (nSPS) is 10.3. The third kappa shape index (κ3) is 2.98. The average Bonchev–Trinajstić information content (AvgIpc) is 2.31. The molecule has 0 aliphatic carbocycles. The van der Waals surface area contributed by atoms with E-state index in [9.17, 15) is 0 Å². The van der Waals surface area contributed by atoms with Gasteiger partial charge in [-0.15, -0.1) is 0 Å². The molecule has 0 N–H and O–H groups in total. The summed E-state index contributed by atoms with van der Waals surface area (Å²) >= 11 is 5.82. The lowest BCUT2D eigenvalue weighted by Gasteiger charge is -2.10. The summed E-state index contributed by atoms with van der Waals surface area (Å²) < 4.78 is 5.77. The van der Waals surface area contributed by atoms with Crippen LogP contribution in [-0.2, 0) is 6.61 Å². The van der Waals surface area contributed by atoms with Gasteiger partial charge in [0.25, 0.3) is 0 Å². The van der Waals surface area contributed by atoms with Crippen LogP contribution in [-0.4, -0.2) is 4.98 Å². The number of aryl methyl sites for hydroxylation is 1. The lowest BCUT2D eigenvalue weighted by molar-refractivity contribution is 0.304. The van der Waals surface area contributed by atoms with E-state index in [4.69, 9.17) is 16.3 Å². The Morgan fingerprint density at radius 2 is 2.06 bits per heavy atom. The molecule has 88 valence electrons. The Kier molecular flexibility index (Phi) is 3.64.